The minimum atomic E-state index is 0.127. The van der Waals surface area contributed by atoms with Gasteiger partial charge in [0.25, 0.3) is 0 Å². The molecule has 1 aromatic rings. The number of carbonyl (C=O) groups excluding carboxylic acids is 2. The molecule has 27 heavy (non-hydrogen) atoms. The van der Waals surface area contributed by atoms with Gasteiger partial charge in [-0.25, -0.2) is 9.97 Å². The van der Waals surface area contributed by atoms with E-state index in [4.69, 9.17) is 4.98 Å². The average Bonchev–Trinajstić information content (AvgIpc) is 3.18. The van der Waals surface area contributed by atoms with Crippen molar-refractivity contribution in [3.63, 3.8) is 0 Å². The highest BCUT2D eigenvalue weighted by Crippen LogP contribution is 2.29. The molecule has 4 rings (SSSR count). The molecule has 1 unspecified atom stereocenters. The Labute approximate surface area is 161 Å². The number of hydrogen-bond acceptors (Lipinski definition) is 4. The van der Waals surface area contributed by atoms with Crippen molar-refractivity contribution >= 4 is 11.8 Å². The zero-order valence-corrected chi connectivity index (χ0v) is 16.3. The second-order valence-electron chi connectivity index (χ2n) is 8.42. The maximum absolute atomic E-state index is 12.7. The Morgan fingerprint density at radius 2 is 1.93 bits per heavy atom. The molecule has 2 fully saturated rings. The van der Waals surface area contributed by atoms with Gasteiger partial charge in [-0.05, 0) is 25.2 Å². The van der Waals surface area contributed by atoms with Gasteiger partial charge in [0.15, 0.2) is 0 Å². The summed E-state index contributed by atoms with van der Waals surface area (Å²) in [6, 6.07) is 0. The predicted octanol–water partition coefficient (Wildman–Crippen LogP) is 2.67. The van der Waals surface area contributed by atoms with Crippen LogP contribution >= 0.6 is 0 Å². The van der Waals surface area contributed by atoms with Gasteiger partial charge in [0.1, 0.15) is 5.82 Å². The number of amides is 2. The molecule has 6 heteroatoms. The molecule has 1 aliphatic carbocycles. The first-order valence-electron chi connectivity index (χ1n) is 10.5. The van der Waals surface area contributed by atoms with Crippen LogP contribution in [0.25, 0.3) is 0 Å². The normalized spacial score (nSPS) is 23.4. The molecule has 1 saturated heterocycles. The first-order chi connectivity index (χ1) is 13.1. The van der Waals surface area contributed by atoms with E-state index in [1.807, 2.05) is 16.0 Å². The largest absolute Gasteiger partial charge is 0.342 e. The topological polar surface area (TPSA) is 66.4 Å². The van der Waals surface area contributed by atoms with Crippen LogP contribution in [-0.4, -0.2) is 51.2 Å². The molecule has 3 aliphatic rings. The van der Waals surface area contributed by atoms with Crippen LogP contribution < -0.4 is 0 Å². The Balaban J connectivity index is 1.37. The molecule has 1 aromatic heterocycles. The molecule has 2 amide bonds. The van der Waals surface area contributed by atoms with E-state index in [0.717, 1.165) is 49.6 Å². The summed E-state index contributed by atoms with van der Waals surface area (Å²) in [6.45, 7) is 4.55. The molecule has 1 saturated carbocycles. The van der Waals surface area contributed by atoms with Crippen molar-refractivity contribution in [2.75, 3.05) is 19.6 Å². The number of hydrogen-bond donors (Lipinski definition) is 0. The van der Waals surface area contributed by atoms with E-state index in [2.05, 4.69) is 4.98 Å². The first-order valence-corrected chi connectivity index (χ1v) is 10.5. The van der Waals surface area contributed by atoms with Gasteiger partial charge in [-0.2, -0.15) is 0 Å². The van der Waals surface area contributed by atoms with Crippen molar-refractivity contribution in [2.24, 2.45) is 5.92 Å². The Kier molecular flexibility index (Phi) is 5.41. The van der Waals surface area contributed by atoms with Crippen LogP contribution in [0, 0.1) is 5.92 Å². The van der Waals surface area contributed by atoms with Crippen LogP contribution in [0.15, 0.2) is 6.20 Å². The zero-order valence-electron chi connectivity index (χ0n) is 16.3. The molecule has 0 radical (unpaired) electrons. The van der Waals surface area contributed by atoms with Crippen molar-refractivity contribution in [1.82, 2.24) is 19.8 Å². The summed E-state index contributed by atoms with van der Waals surface area (Å²) < 4.78 is 0. The van der Waals surface area contributed by atoms with E-state index in [9.17, 15) is 9.59 Å². The molecule has 0 aromatic carbocycles. The van der Waals surface area contributed by atoms with Crippen molar-refractivity contribution in [3.8, 4) is 0 Å². The fraction of sp³-hybridized carbons (Fsp3) is 0.714. The van der Waals surface area contributed by atoms with E-state index >= 15 is 0 Å². The van der Waals surface area contributed by atoms with Gasteiger partial charge in [-0.3, -0.25) is 9.59 Å². The van der Waals surface area contributed by atoms with Crippen molar-refractivity contribution in [1.29, 1.82) is 0 Å². The highest BCUT2D eigenvalue weighted by Gasteiger charge is 2.29. The van der Waals surface area contributed by atoms with Gasteiger partial charge in [-0.1, -0.05) is 19.3 Å². The van der Waals surface area contributed by atoms with Gasteiger partial charge in [0.05, 0.1) is 5.69 Å². The van der Waals surface area contributed by atoms with Crippen molar-refractivity contribution < 1.29 is 9.59 Å². The first kappa shape index (κ1) is 18.4. The smallest absolute Gasteiger partial charge is 0.223 e. The standard InChI is InChI=1S/C21H30N4O2/c1-15(26)24-9-7-17(13-24)21-22-12-18-14-25(10-8-19(18)23-21)20(27)11-16-5-3-2-4-6-16/h12,16-17H,2-11,13-14H2,1H3. The quantitative estimate of drug-likeness (QED) is 0.820. The maximum atomic E-state index is 12.7. The molecule has 3 heterocycles. The number of carbonyl (C=O) groups is 2. The van der Waals surface area contributed by atoms with Crippen LogP contribution in [0.2, 0.25) is 0 Å². The Hall–Kier alpha value is -1.98. The summed E-state index contributed by atoms with van der Waals surface area (Å²) in [5.74, 6) is 2.11. The summed E-state index contributed by atoms with van der Waals surface area (Å²) in [6.07, 6.45) is 10.7. The molecular weight excluding hydrogens is 340 g/mol. The lowest BCUT2D eigenvalue weighted by Crippen LogP contribution is -2.37. The highest BCUT2D eigenvalue weighted by molar-refractivity contribution is 5.76. The highest BCUT2D eigenvalue weighted by atomic mass is 16.2. The summed E-state index contributed by atoms with van der Waals surface area (Å²) in [5, 5.41) is 0. The monoisotopic (exact) mass is 370 g/mol. The summed E-state index contributed by atoms with van der Waals surface area (Å²) in [7, 11) is 0. The van der Waals surface area contributed by atoms with Crippen LogP contribution in [0.3, 0.4) is 0 Å². The molecule has 2 aliphatic heterocycles. The second kappa shape index (κ2) is 7.95. The molecule has 0 N–H and O–H groups in total. The maximum Gasteiger partial charge on any atom is 0.223 e. The molecule has 146 valence electrons. The molecular formula is C21H30N4O2. The fourth-order valence-corrected chi connectivity index (χ4v) is 4.77. The van der Waals surface area contributed by atoms with Crippen molar-refractivity contribution in [3.05, 3.63) is 23.3 Å². The van der Waals surface area contributed by atoms with Gasteiger partial charge in [0.2, 0.25) is 11.8 Å². The van der Waals surface area contributed by atoms with E-state index in [0.29, 0.717) is 24.8 Å². The molecule has 0 spiro atoms. The Morgan fingerprint density at radius 1 is 1.11 bits per heavy atom. The Bertz CT molecular complexity index is 714. The third-order valence-corrected chi connectivity index (χ3v) is 6.49. The van der Waals surface area contributed by atoms with Crippen LogP contribution in [0.5, 0.6) is 0 Å². The summed E-state index contributed by atoms with van der Waals surface area (Å²) in [5.41, 5.74) is 2.17. The van der Waals surface area contributed by atoms with Gasteiger partial charge in [-0.15, -0.1) is 0 Å². The van der Waals surface area contributed by atoms with E-state index in [1.165, 1.54) is 32.1 Å². The number of likely N-dealkylation sites (tertiary alicyclic amines) is 1. The number of aromatic nitrogens is 2. The van der Waals surface area contributed by atoms with Crippen LogP contribution in [-0.2, 0) is 22.6 Å². The van der Waals surface area contributed by atoms with Gasteiger partial charge < -0.3 is 9.80 Å². The lowest BCUT2D eigenvalue weighted by Gasteiger charge is -2.30. The summed E-state index contributed by atoms with van der Waals surface area (Å²) >= 11 is 0. The number of rotatable bonds is 3. The van der Waals surface area contributed by atoms with E-state index < -0.39 is 0 Å². The minimum Gasteiger partial charge on any atom is -0.342 e. The second-order valence-corrected chi connectivity index (χ2v) is 8.42. The third-order valence-electron chi connectivity index (χ3n) is 6.49. The van der Waals surface area contributed by atoms with E-state index in [1.54, 1.807) is 6.92 Å². The third kappa shape index (κ3) is 4.14. The lowest BCUT2D eigenvalue weighted by atomic mass is 9.86. The van der Waals surface area contributed by atoms with Crippen LogP contribution in [0.4, 0.5) is 0 Å². The Morgan fingerprint density at radius 3 is 2.67 bits per heavy atom. The average molecular weight is 370 g/mol. The lowest BCUT2D eigenvalue weighted by molar-refractivity contribution is -0.133. The van der Waals surface area contributed by atoms with Crippen LogP contribution in [0.1, 0.15) is 74.9 Å². The van der Waals surface area contributed by atoms with Gasteiger partial charge >= 0.3 is 0 Å². The SMILES string of the molecule is CC(=O)N1CCC(c2ncc3c(n2)CCN(C(=O)CC2CCCCC2)C3)C1. The van der Waals surface area contributed by atoms with Crippen molar-refractivity contribution in [2.45, 2.75) is 70.8 Å². The molecule has 0 bridgehead atoms. The van der Waals surface area contributed by atoms with E-state index in [-0.39, 0.29) is 11.8 Å². The number of fused-ring (bicyclic) bond motifs is 1. The summed E-state index contributed by atoms with van der Waals surface area (Å²) in [4.78, 5) is 37.5. The predicted molar refractivity (Wildman–Crippen MR) is 102 cm³/mol. The molecule has 6 nitrogen and oxygen atoms in total. The molecule has 1 atom stereocenters. The minimum absolute atomic E-state index is 0.127. The number of nitrogens with zero attached hydrogens (tertiary/aromatic N) is 4. The fourth-order valence-electron chi connectivity index (χ4n) is 4.77. The zero-order chi connectivity index (χ0) is 18.8. The van der Waals surface area contributed by atoms with Gasteiger partial charge in [0, 0.05) is 63.6 Å².